The number of carbonyl (C=O) groups is 1. The van der Waals surface area contributed by atoms with E-state index < -0.39 is 0 Å². The predicted octanol–water partition coefficient (Wildman–Crippen LogP) is 3.77. The van der Waals surface area contributed by atoms with E-state index in [1.165, 1.54) is 24.3 Å². The Balaban J connectivity index is 1.73. The fourth-order valence-corrected chi connectivity index (χ4v) is 3.23. The molecule has 4 rings (SSSR count). The Bertz CT molecular complexity index is 983. The van der Waals surface area contributed by atoms with Crippen LogP contribution in [0.4, 0.5) is 15.8 Å². The number of aryl methyl sites for hydroxylation is 1. The summed E-state index contributed by atoms with van der Waals surface area (Å²) in [6.07, 6.45) is 0. The average molecular weight is 365 g/mol. The number of nitrogens with zero attached hydrogens (tertiary/aromatic N) is 2. The van der Waals surface area contributed by atoms with Crippen molar-refractivity contribution >= 4 is 28.2 Å². The Morgan fingerprint density at radius 2 is 1.85 bits per heavy atom. The first-order valence-electron chi connectivity index (χ1n) is 8.91. The third kappa shape index (κ3) is 3.75. The highest BCUT2D eigenvalue weighted by molar-refractivity contribution is 6.06. The number of ether oxygens (including phenoxy) is 1. The van der Waals surface area contributed by atoms with Crippen molar-refractivity contribution in [3.63, 3.8) is 0 Å². The van der Waals surface area contributed by atoms with Gasteiger partial charge in [-0.1, -0.05) is 11.6 Å². The van der Waals surface area contributed by atoms with Gasteiger partial charge in [-0.15, -0.1) is 0 Å². The Morgan fingerprint density at radius 1 is 1.11 bits per heavy atom. The van der Waals surface area contributed by atoms with Crippen molar-refractivity contribution in [1.82, 2.24) is 4.98 Å². The van der Waals surface area contributed by atoms with Crippen LogP contribution in [0.2, 0.25) is 0 Å². The third-order valence-corrected chi connectivity index (χ3v) is 4.63. The van der Waals surface area contributed by atoms with Gasteiger partial charge >= 0.3 is 0 Å². The van der Waals surface area contributed by atoms with Crippen molar-refractivity contribution in [1.29, 1.82) is 0 Å². The summed E-state index contributed by atoms with van der Waals surface area (Å²) < 4.78 is 18.5. The summed E-state index contributed by atoms with van der Waals surface area (Å²) in [6, 6.07) is 13.5. The minimum Gasteiger partial charge on any atom is -0.378 e. The van der Waals surface area contributed by atoms with Gasteiger partial charge in [0.15, 0.2) is 0 Å². The number of amides is 1. The maximum Gasteiger partial charge on any atom is 0.274 e. The fourth-order valence-electron chi connectivity index (χ4n) is 3.23. The van der Waals surface area contributed by atoms with E-state index in [9.17, 15) is 9.18 Å². The van der Waals surface area contributed by atoms with Crippen LogP contribution in [0.1, 0.15) is 16.1 Å². The Hall–Kier alpha value is -2.99. The lowest BCUT2D eigenvalue weighted by atomic mass is 10.1. The molecule has 1 aromatic heterocycles. The van der Waals surface area contributed by atoms with Crippen molar-refractivity contribution in [3.05, 3.63) is 65.6 Å². The molecule has 138 valence electrons. The summed E-state index contributed by atoms with van der Waals surface area (Å²) >= 11 is 0. The van der Waals surface area contributed by atoms with E-state index in [0.717, 1.165) is 35.2 Å². The SMILES string of the molecule is Cc1ccc2nc(C(=O)Nc3ccc(F)cc3)cc(N3CCOCC3)c2c1. The molecule has 3 aromatic rings. The molecule has 0 radical (unpaired) electrons. The normalized spacial score (nSPS) is 14.4. The van der Waals surface area contributed by atoms with Crippen LogP contribution in [0.3, 0.4) is 0 Å². The van der Waals surface area contributed by atoms with Crippen LogP contribution in [-0.4, -0.2) is 37.2 Å². The Labute approximate surface area is 156 Å². The average Bonchev–Trinajstić information content (AvgIpc) is 2.69. The number of nitrogens with one attached hydrogen (secondary N) is 1. The fraction of sp³-hybridized carbons (Fsp3) is 0.238. The van der Waals surface area contributed by atoms with Crippen molar-refractivity contribution < 1.29 is 13.9 Å². The lowest BCUT2D eigenvalue weighted by Crippen LogP contribution is -2.36. The molecule has 2 heterocycles. The van der Waals surface area contributed by atoms with Crippen molar-refractivity contribution in [3.8, 4) is 0 Å². The van der Waals surface area contributed by atoms with Gasteiger partial charge in [0, 0.05) is 29.9 Å². The first-order chi connectivity index (χ1) is 13.1. The number of pyridine rings is 1. The van der Waals surface area contributed by atoms with Crippen molar-refractivity contribution in [2.45, 2.75) is 6.92 Å². The summed E-state index contributed by atoms with van der Waals surface area (Å²) in [5.41, 5.74) is 3.75. The van der Waals surface area contributed by atoms with E-state index in [2.05, 4.69) is 21.3 Å². The van der Waals surface area contributed by atoms with Gasteiger partial charge in [0.05, 0.1) is 18.7 Å². The van der Waals surface area contributed by atoms with Crippen LogP contribution < -0.4 is 10.2 Å². The molecule has 27 heavy (non-hydrogen) atoms. The highest BCUT2D eigenvalue weighted by Crippen LogP contribution is 2.29. The van der Waals surface area contributed by atoms with Gasteiger partial charge in [0.1, 0.15) is 11.5 Å². The summed E-state index contributed by atoms with van der Waals surface area (Å²) in [7, 11) is 0. The molecule has 1 saturated heterocycles. The molecular formula is C21H20FN3O2. The minimum atomic E-state index is -0.346. The van der Waals surface area contributed by atoms with Gasteiger partial charge in [-0.25, -0.2) is 9.37 Å². The van der Waals surface area contributed by atoms with Crippen LogP contribution >= 0.6 is 0 Å². The Kier molecular flexibility index (Phi) is 4.73. The number of benzene rings is 2. The standard InChI is InChI=1S/C21H20FN3O2/c1-14-2-7-18-17(12-14)20(25-8-10-27-11-9-25)13-19(24-18)21(26)23-16-5-3-15(22)4-6-16/h2-7,12-13H,8-11H2,1H3,(H,23,26). The minimum absolute atomic E-state index is 0.321. The molecule has 0 atom stereocenters. The summed E-state index contributed by atoms with van der Waals surface area (Å²) in [4.78, 5) is 19.5. The monoisotopic (exact) mass is 365 g/mol. The van der Waals surface area contributed by atoms with E-state index in [1.807, 2.05) is 25.1 Å². The number of morpholine rings is 1. The van der Waals surface area contributed by atoms with Gasteiger partial charge in [0.25, 0.3) is 5.91 Å². The van der Waals surface area contributed by atoms with Gasteiger partial charge in [-0.3, -0.25) is 4.79 Å². The van der Waals surface area contributed by atoms with E-state index in [4.69, 9.17) is 4.74 Å². The lowest BCUT2D eigenvalue weighted by molar-refractivity contribution is 0.102. The van der Waals surface area contributed by atoms with E-state index in [1.54, 1.807) is 0 Å². The van der Waals surface area contributed by atoms with Crippen LogP contribution in [0, 0.1) is 12.7 Å². The van der Waals surface area contributed by atoms with Gasteiger partial charge in [0.2, 0.25) is 0 Å². The van der Waals surface area contributed by atoms with E-state index >= 15 is 0 Å². The Morgan fingerprint density at radius 3 is 2.59 bits per heavy atom. The summed E-state index contributed by atoms with van der Waals surface area (Å²) in [5, 5.41) is 3.80. The molecule has 6 heteroatoms. The molecule has 1 N–H and O–H groups in total. The maximum atomic E-state index is 13.1. The van der Waals surface area contributed by atoms with Gasteiger partial charge in [-0.05, 0) is 49.4 Å². The first kappa shape index (κ1) is 17.4. The number of hydrogen-bond acceptors (Lipinski definition) is 4. The molecule has 0 spiro atoms. The highest BCUT2D eigenvalue weighted by atomic mass is 19.1. The molecule has 0 saturated carbocycles. The second-order valence-electron chi connectivity index (χ2n) is 6.61. The van der Waals surface area contributed by atoms with Gasteiger partial charge in [-0.2, -0.15) is 0 Å². The van der Waals surface area contributed by atoms with E-state index in [-0.39, 0.29) is 11.7 Å². The lowest BCUT2D eigenvalue weighted by Gasteiger charge is -2.30. The number of hydrogen-bond donors (Lipinski definition) is 1. The quantitative estimate of drug-likeness (QED) is 0.768. The molecule has 0 unspecified atom stereocenters. The number of halogens is 1. The smallest absolute Gasteiger partial charge is 0.274 e. The predicted molar refractivity (Wildman–Crippen MR) is 104 cm³/mol. The second kappa shape index (κ2) is 7.32. The molecule has 5 nitrogen and oxygen atoms in total. The zero-order valence-electron chi connectivity index (χ0n) is 15.0. The zero-order valence-corrected chi connectivity index (χ0v) is 15.0. The van der Waals surface area contributed by atoms with Crippen LogP contribution in [0.5, 0.6) is 0 Å². The van der Waals surface area contributed by atoms with Crippen LogP contribution in [0.25, 0.3) is 10.9 Å². The van der Waals surface area contributed by atoms with Crippen LogP contribution in [0.15, 0.2) is 48.5 Å². The van der Waals surface area contributed by atoms with Crippen molar-refractivity contribution in [2.75, 3.05) is 36.5 Å². The number of aromatic nitrogens is 1. The highest BCUT2D eigenvalue weighted by Gasteiger charge is 2.18. The summed E-state index contributed by atoms with van der Waals surface area (Å²) in [5.74, 6) is -0.666. The molecule has 1 aliphatic heterocycles. The summed E-state index contributed by atoms with van der Waals surface area (Å²) in [6.45, 7) is 4.90. The molecule has 1 fully saturated rings. The molecule has 1 aliphatic rings. The topological polar surface area (TPSA) is 54.5 Å². The maximum absolute atomic E-state index is 13.1. The number of fused-ring (bicyclic) bond motifs is 1. The van der Waals surface area contributed by atoms with Crippen LogP contribution in [-0.2, 0) is 4.74 Å². The third-order valence-electron chi connectivity index (χ3n) is 4.63. The first-order valence-corrected chi connectivity index (χ1v) is 8.91. The molecule has 2 aromatic carbocycles. The zero-order chi connectivity index (χ0) is 18.8. The van der Waals surface area contributed by atoms with Gasteiger partial charge < -0.3 is 15.0 Å². The number of rotatable bonds is 3. The molecular weight excluding hydrogens is 345 g/mol. The largest absolute Gasteiger partial charge is 0.378 e. The second-order valence-corrected chi connectivity index (χ2v) is 6.61. The van der Waals surface area contributed by atoms with Crippen molar-refractivity contribution in [2.24, 2.45) is 0 Å². The van der Waals surface area contributed by atoms with E-state index in [0.29, 0.717) is 24.6 Å². The molecule has 0 bridgehead atoms. The number of carbonyl (C=O) groups excluding carboxylic acids is 1. The molecule has 1 amide bonds. The molecule has 0 aliphatic carbocycles. The number of anilines is 2.